The highest BCUT2D eigenvalue weighted by Crippen LogP contribution is 2.04. The topological polar surface area (TPSA) is 38.3 Å². The fraction of sp³-hybridized carbons (Fsp3) is 0.900. The van der Waals surface area contributed by atoms with E-state index in [1.165, 1.54) is 20.0 Å². The van der Waals surface area contributed by atoms with Crippen LogP contribution in [0.4, 0.5) is 0 Å². The van der Waals surface area contributed by atoms with Crippen molar-refractivity contribution in [2.75, 3.05) is 20.2 Å². The molecule has 3 heteroatoms. The van der Waals surface area contributed by atoms with Crippen LogP contribution in [0.25, 0.3) is 0 Å². The summed E-state index contributed by atoms with van der Waals surface area (Å²) in [5.74, 6) is 0.587. The number of esters is 1. The van der Waals surface area contributed by atoms with Crippen LogP contribution in [0.1, 0.15) is 33.1 Å². The summed E-state index contributed by atoms with van der Waals surface area (Å²) in [6.45, 7) is 5.68. The van der Waals surface area contributed by atoms with Crippen LogP contribution >= 0.6 is 0 Å². The van der Waals surface area contributed by atoms with Gasteiger partial charge in [-0.15, -0.1) is 0 Å². The van der Waals surface area contributed by atoms with Crippen molar-refractivity contribution in [3.05, 3.63) is 0 Å². The Kier molecular flexibility index (Phi) is 7.69. The number of hydrogen-bond donors (Lipinski definition) is 1. The maximum atomic E-state index is 10.7. The standard InChI is InChI=1S/C10H21NO2/c1-9(2)6-4-5-7-11-8-10(12)13-3/h9,11H,4-8H2,1-3H3. The number of carbonyl (C=O) groups excluding carboxylic acids is 1. The minimum Gasteiger partial charge on any atom is -0.468 e. The third-order valence-electron chi connectivity index (χ3n) is 1.88. The Morgan fingerprint density at radius 3 is 2.62 bits per heavy atom. The van der Waals surface area contributed by atoms with Crippen LogP contribution in [0.3, 0.4) is 0 Å². The molecule has 78 valence electrons. The van der Waals surface area contributed by atoms with Gasteiger partial charge in [0.1, 0.15) is 0 Å². The molecule has 0 rings (SSSR count). The molecule has 0 fully saturated rings. The van der Waals surface area contributed by atoms with Gasteiger partial charge in [0, 0.05) is 0 Å². The van der Waals surface area contributed by atoms with Crippen LogP contribution in [-0.2, 0) is 9.53 Å². The summed E-state index contributed by atoms with van der Waals surface area (Å²) < 4.78 is 4.49. The first-order chi connectivity index (χ1) is 6.16. The molecule has 0 aromatic heterocycles. The maximum Gasteiger partial charge on any atom is 0.319 e. The van der Waals surface area contributed by atoms with Crippen LogP contribution in [0, 0.1) is 5.92 Å². The average molecular weight is 187 g/mol. The van der Waals surface area contributed by atoms with E-state index < -0.39 is 0 Å². The highest BCUT2D eigenvalue weighted by Gasteiger charge is 1.98. The number of unbranched alkanes of at least 4 members (excludes halogenated alkanes) is 1. The SMILES string of the molecule is COC(=O)CNCCCCC(C)C. The number of nitrogens with one attached hydrogen (secondary N) is 1. The lowest BCUT2D eigenvalue weighted by molar-refractivity contribution is -0.139. The molecule has 3 nitrogen and oxygen atoms in total. The summed E-state index contributed by atoms with van der Waals surface area (Å²) >= 11 is 0. The first-order valence-corrected chi connectivity index (χ1v) is 4.94. The molecule has 0 aliphatic carbocycles. The Morgan fingerprint density at radius 2 is 2.08 bits per heavy atom. The minimum absolute atomic E-state index is 0.191. The van der Waals surface area contributed by atoms with E-state index in [9.17, 15) is 4.79 Å². The molecule has 0 radical (unpaired) electrons. The Hall–Kier alpha value is -0.570. The van der Waals surface area contributed by atoms with Crippen molar-refractivity contribution in [1.82, 2.24) is 5.32 Å². The highest BCUT2D eigenvalue weighted by atomic mass is 16.5. The minimum atomic E-state index is -0.191. The molecule has 13 heavy (non-hydrogen) atoms. The van der Waals surface area contributed by atoms with E-state index in [1.807, 2.05) is 0 Å². The Labute approximate surface area is 80.8 Å². The molecule has 0 aromatic carbocycles. The largest absolute Gasteiger partial charge is 0.468 e. The van der Waals surface area contributed by atoms with E-state index in [0.717, 1.165) is 18.9 Å². The van der Waals surface area contributed by atoms with Crippen molar-refractivity contribution in [3.8, 4) is 0 Å². The lowest BCUT2D eigenvalue weighted by Crippen LogP contribution is -2.24. The van der Waals surface area contributed by atoms with Gasteiger partial charge in [-0.1, -0.05) is 26.7 Å². The summed E-state index contributed by atoms with van der Waals surface area (Å²) in [5, 5.41) is 3.04. The van der Waals surface area contributed by atoms with Crippen molar-refractivity contribution in [2.24, 2.45) is 5.92 Å². The third kappa shape index (κ3) is 9.34. The predicted molar refractivity (Wildman–Crippen MR) is 53.6 cm³/mol. The van der Waals surface area contributed by atoms with E-state index in [2.05, 4.69) is 23.9 Å². The second-order valence-electron chi connectivity index (χ2n) is 3.64. The van der Waals surface area contributed by atoms with Crippen LogP contribution in [0.15, 0.2) is 0 Å². The van der Waals surface area contributed by atoms with Gasteiger partial charge < -0.3 is 10.1 Å². The molecule has 0 amide bonds. The predicted octanol–water partition coefficient (Wildman–Crippen LogP) is 1.58. The molecule has 0 aliphatic rings. The van der Waals surface area contributed by atoms with Crippen molar-refractivity contribution in [1.29, 1.82) is 0 Å². The lowest BCUT2D eigenvalue weighted by atomic mass is 10.1. The summed E-state index contributed by atoms with van der Waals surface area (Å²) in [7, 11) is 1.41. The van der Waals surface area contributed by atoms with Crippen LogP contribution < -0.4 is 5.32 Å². The van der Waals surface area contributed by atoms with Gasteiger partial charge in [0.15, 0.2) is 0 Å². The summed E-state index contributed by atoms with van der Waals surface area (Å²) in [6, 6.07) is 0. The molecule has 0 aliphatic heterocycles. The quantitative estimate of drug-likeness (QED) is 0.485. The van der Waals surface area contributed by atoms with Crippen molar-refractivity contribution in [3.63, 3.8) is 0 Å². The molecular weight excluding hydrogens is 166 g/mol. The van der Waals surface area contributed by atoms with Crippen molar-refractivity contribution < 1.29 is 9.53 Å². The maximum absolute atomic E-state index is 10.7. The number of rotatable bonds is 7. The normalized spacial score (nSPS) is 10.5. The molecule has 0 bridgehead atoms. The Morgan fingerprint density at radius 1 is 1.38 bits per heavy atom. The van der Waals surface area contributed by atoms with Gasteiger partial charge in [-0.3, -0.25) is 4.79 Å². The first kappa shape index (κ1) is 12.4. The van der Waals surface area contributed by atoms with E-state index in [1.54, 1.807) is 0 Å². The Bertz CT molecular complexity index is 135. The van der Waals surface area contributed by atoms with Crippen molar-refractivity contribution >= 4 is 5.97 Å². The molecule has 0 heterocycles. The summed E-state index contributed by atoms with van der Waals surface area (Å²) in [5.41, 5.74) is 0. The van der Waals surface area contributed by atoms with E-state index in [4.69, 9.17) is 0 Å². The third-order valence-corrected chi connectivity index (χ3v) is 1.88. The van der Waals surface area contributed by atoms with Crippen LogP contribution in [0.2, 0.25) is 0 Å². The highest BCUT2D eigenvalue weighted by molar-refractivity contribution is 5.71. The number of ether oxygens (including phenoxy) is 1. The van der Waals surface area contributed by atoms with Crippen LogP contribution in [-0.4, -0.2) is 26.2 Å². The number of carbonyl (C=O) groups is 1. The average Bonchev–Trinajstić information content (AvgIpc) is 2.10. The van der Waals surface area contributed by atoms with E-state index >= 15 is 0 Å². The zero-order valence-corrected chi connectivity index (χ0v) is 8.93. The van der Waals surface area contributed by atoms with Gasteiger partial charge in [-0.2, -0.15) is 0 Å². The summed E-state index contributed by atoms with van der Waals surface area (Å²) in [6.07, 6.45) is 3.63. The second kappa shape index (κ2) is 8.05. The molecule has 0 atom stereocenters. The monoisotopic (exact) mass is 187 g/mol. The molecule has 0 unspecified atom stereocenters. The van der Waals surface area contributed by atoms with Gasteiger partial charge in [-0.25, -0.2) is 0 Å². The molecule has 0 aromatic rings. The van der Waals surface area contributed by atoms with Gasteiger partial charge in [0.2, 0.25) is 0 Å². The fourth-order valence-electron chi connectivity index (χ4n) is 1.07. The molecule has 0 spiro atoms. The van der Waals surface area contributed by atoms with Crippen molar-refractivity contribution in [2.45, 2.75) is 33.1 Å². The van der Waals surface area contributed by atoms with Gasteiger partial charge in [-0.05, 0) is 18.9 Å². The lowest BCUT2D eigenvalue weighted by Gasteiger charge is -2.05. The molecule has 0 saturated carbocycles. The van der Waals surface area contributed by atoms with E-state index in [-0.39, 0.29) is 5.97 Å². The van der Waals surface area contributed by atoms with E-state index in [0.29, 0.717) is 6.54 Å². The first-order valence-electron chi connectivity index (χ1n) is 4.94. The summed E-state index contributed by atoms with van der Waals surface area (Å²) in [4.78, 5) is 10.7. The van der Waals surface area contributed by atoms with Gasteiger partial charge in [0.05, 0.1) is 13.7 Å². The van der Waals surface area contributed by atoms with Gasteiger partial charge in [0.25, 0.3) is 0 Å². The fourth-order valence-corrected chi connectivity index (χ4v) is 1.07. The molecule has 0 saturated heterocycles. The smallest absolute Gasteiger partial charge is 0.319 e. The number of hydrogen-bond acceptors (Lipinski definition) is 3. The zero-order valence-electron chi connectivity index (χ0n) is 8.93. The van der Waals surface area contributed by atoms with Crippen LogP contribution in [0.5, 0.6) is 0 Å². The molecule has 1 N–H and O–H groups in total. The van der Waals surface area contributed by atoms with Gasteiger partial charge >= 0.3 is 5.97 Å². The zero-order chi connectivity index (χ0) is 10.1. The number of methoxy groups -OCH3 is 1. The Balaban J connectivity index is 3.04. The molecular formula is C10H21NO2. The second-order valence-corrected chi connectivity index (χ2v) is 3.64.